The maximum Gasteiger partial charge on any atom is 0.261 e. The zero-order valence-electron chi connectivity index (χ0n) is 18.1. The van der Waals surface area contributed by atoms with E-state index in [1.54, 1.807) is 30.3 Å². The lowest BCUT2D eigenvalue weighted by Gasteiger charge is -2.13. The molecule has 8 nitrogen and oxygen atoms in total. The Kier molecular flexibility index (Phi) is 6.14. The summed E-state index contributed by atoms with van der Waals surface area (Å²) in [7, 11) is 2.99. The van der Waals surface area contributed by atoms with Gasteiger partial charge < -0.3 is 24.3 Å². The Morgan fingerprint density at radius 2 is 1.88 bits per heavy atom. The highest BCUT2D eigenvalue weighted by molar-refractivity contribution is 7.80. The Bertz CT molecular complexity index is 1370. The van der Waals surface area contributed by atoms with Crippen molar-refractivity contribution in [3.8, 4) is 28.7 Å². The highest BCUT2D eigenvalue weighted by atomic mass is 32.1. The number of fused-ring (bicyclic) bond motifs is 1. The molecule has 1 heterocycles. The summed E-state index contributed by atoms with van der Waals surface area (Å²) in [4.78, 5) is 17.1. The summed E-state index contributed by atoms with van der Waals surface area (Å²) in [6, 6.07) is 15.3. The minimum atomic E-state index is -0.444. The Balaban J connectivity index is 1.52. The second-order valence-corrected chi connectivity index (χ2v) is 7.60. The number of phenols is 1. The summed E-state index contributed by atoms with van der Waals surface area (Å²) in [6.07, 6.45) is 0. The van der Waals surface area contributed by atoms with Gasteiger partial charge in [0, 0.05) is 11.8 Å². The summed E-state index contributed by atoms with van der Waals surface area (Å²) in [5.41, 5.74) is 3.59. The summed E-state index contributed by atoms with van der Waals surface area (Å²) < 4.78 is 16.2. The highest BCUT2D eigenvalue weighted by Crippen LogP contribution is 2.33. The van der Waals surface area contributed by atoms with Crippen molar-refractivity contribution >= 4 is 40.0 Å². The number of rotatable bonds is 5. The van der Waals surface area contributed by atoms with Crippen LogP contribution in [0.1, 0.15) is 15.9 Å². The van der Waals surface area contributed by atoms with Crippen molar-refractivity contribution in [1.82, 2.24) is 10.3 Å². The predicted molar refractivity (Wildman–Crippen MR) is 129 cm³/mol. The molecule has 0 bridgehead atoms. The number of nitrogens with one attached hydrogen (secondary N) is 2. The van der Waals surface area contributed by atoms with E-state index in [1.165, 1.54) is 20.3 Å². The van der Waals surface area contributed by atoms with Crippen molar-refractivity contribution in [1.29, 1.82) is 0 Å². The molecule has 168 valence electrons. The fraction of sp³-hybridized carbons (Fsp3) is 0.125. The summed E-state index contributed by atoms with van der Waals surface area (Å²) in [5, 5.41) is 16.0. The first-order chi connectivity index (χ1) is 15.9. The number of thiocarbonyl (C=S) groups is 1. The molecule has 0 atom stereocenters. The van der Waals surface area contributed by atoms with Crippen molar-refractivity contribution in [2.45, 2.75) is 6.92 Å². The van der Waals surface area contributed by atoms with Crippen molar-refractivity contribution < 1.29 is 23.8 Å². The van der Waals surface area contributed by atoms with Crippen LogP contribution in [0.15, 0.2) is 59.0 Å². The standard InChI is InChI=1S/C24H21N3O5S/c1-13-4-9-20-18(10-13)26-23(32-20)17-11-14(5-8-19(17)28)25-24(33)27-22(29)16-7-6-15(30-2)12-21(16)31-3/h4-12,28H,1-3H3,(H2,25,27,29,33). The van der Waals surface area contributed by atoms with E-state index in [0.717, 1.165) is 5.56 Å². The average molecular weight is 464 g/mol. The molecule has 0 fully saturated rings. The number of carbonyl (C=O) groups is 1. The van der Waals surface area contributed by atoms with Crippen LogP contribution in [0, 0.1) is 6.92 Å². The number of carbonyl (C=O) groups excluding carboxylic acids is 1. The number of aromatic hydroxyl groups is 1. The van der Waals surface area contributed by atoms with Crippen LogP contribution in [-0.4, -0.2) is 35.3 Å². The maximum absolute atomic E-state index is 12.7. The molecule has 3 N–H and O–H groups in total. The monoisotopic (exact) mass is 463 g/mol. The second kappa shape index (κ2) is 9.17. The zero-order valence-corrected chi connectivity index (χ0v) is 18.9. The number of aromatic nitrogens is 1. The molecule has 0 aliphatic carbocycles. The molecular formula is C24H21N3O5S. The van der Waals surface area contributed by atoms with Crippen LogP contribution < -0.4 is 20.1 Å². The minimum absolute atomic E-state index is 0.00162. The number of oxazole rings is 1. The van der Waals surface area contributed by atoms with E-state index >= 15 is 0 Å². The van der Waals surface area contributed by atoms with Crippen LogP contribution in [0.5, 0.6) is 17.2 Å². The summed E-state index contributed by atoms with van der Waals surface area (Å²) in [6.45, 7) is 1.96. The molecular weight excluding hydrogens is 442 g/mol. The fourth-order valence-corrected chi connectivity index (χ4v) is 3.47. The van der Waals surface area contributed by atoms with E-state index in [9.17, 15) is 9.90 Å². The lowest BCUT2D eigenvalue weighted by Crippen LogP contribution is -2.34. The Labute approximate surface area is 195 Å². The molecule has 0 radical (unpaired) electrons. The zero-order chi connectivity index (χ0) is 23.5. The normalized spacial score (nSPS) is 10.6. The number of aryl methyl sites for hydroxylation is 1. The van der Waals surface area contributed by atoms with Crippen LogP contribution in [0.2, 0.25) is 0 Å². The fourth-order valence-electron chi connectivity index (χ4n) is 3.26. The molecule has 3 aromatic carbocycles. The van der Waals surface area contributed by atoms with E-state index in [0.29, 0.717) is 39.4 Å². The lowest BCUT2D eigenvalue weighted by molar-refractivity contribution is 0.0974. The van der Waals surface area contributed by atoms with Crippen LogP contribution in [-0.2, 0) is 0 Å². The minimum Gasteiger partial charge on any atom is -0.507 e. The van der Waals surface area contributed by atoms with Crippen LogP contribution in [0.3, 0.4) is 0 Å². The quantitative estimate of drug-likeness (QED) is 0.290. The Morgan fingerprint density at radius 1 is 1.06 bits per heavy atom. The molecule has 9 heteroatoms. The third-order valence-electron chi connectivity index (χ3n) is 4.91. The van der Waals surface area contributed by atoms with Gasteiger partial charge in [0.05, 0.1) is 25.3 Å². The van der Waals surface area contributed by atoms with Gasteiger partial charge in [-0.25, -0.2) is 4.98 Å². The largest absolute Gasteiger partial charge is 0.507 e. The van der Waals surface area contributed by atoms with E-state index in [-0.39, 0.29) is 16.8 Å². The molecule has 0 spiro atoms. The Hall–Kier alpha value is -4.11. The van der Waals surface area contributed by atoms with Gasteiger partial charge in [0.1, 0.15) is 22.8 Å². The lowest BCUT2D eigenvalue weighted by atomic mass is 10.1. The van der Waals surface area contributed by atoms with Gasteiger partial charge >= 0.3 is 0 Å². The number of benzene rings is 3. The molecule has 0 saturated carbocycles. The van der Waals surface area contributed by atoms with E-state index in [4.69, 9.17) is 26.1 Å². The van der Waals surface area contributed by atoms with Gasteiger partial charge in [-0.3, -0.25) is 10.1 Å². The summed E-state index contributed by atoms with van der Waals surface area (Å²) in [5.74, 6) is 0.750. The van der Waals surface area contributed by atoms with Gasteiger partial charge in [0.25, 0.3) is 5.91 Å². The number of anilines is 1. The molecule has 0 unspecified atom stereocenters. The second-order valence-electron chi connectivity index (χ2n) is 7.20. The van der Waals surface area contributed by atoms with Crippen molar-refractivity contribution in [3.05, 3.63) is 65.7 Å². The van der Waals surface area contributed by atoms with Crippen molar-refractivity contribution in [3.63, 3.8) is 0 Å². The van der Waals surface area contributed by atoms with Crippen molar-refractivity contribution in [2.24, 2.45) is 0 Å². The molecule has 1 amide bonds. The SMILES string of the molecule is COc1ccc(C(=O)NC(=S)Nc2ccc(O)c(-c3nc4cc(C)ccc4o3)c2)c(OC)c1. The van der Waals surface area contributed by atoms with Crippen LogP contribution in [0.25, 0.3) is 22.6 Å². The van der Waals surface area contributed by atoms with Crippen LogP contribution in [0.4, 0.5) is 5.69 Å². The first-order valence-corrected chi connectivity index (χ1v) is 10.3. The number of amides is 1. The van der Waals surface area contributed by atoms with E-state index < -0.39 is 5.91 Å². The van der Waals surface area contributed by atoms with Gasteiger partial charge in [0.2, 0.25) is 5.89 Å². The third-order valence-corrected chi connectivity index (χ3v) is 5.11. The van der Waals surface area contributed by atoms with Gasteiger partial charge in [-0.05, 0) is 67.2 Å². The molecule has 0 aliphatic heterocycles. The van der Waals surface area contributed by atoms with Crippen LogP contribution >= 0.6 is 12.2 Å². The molecule has 1 aromatic heterocycles. The van der Waals surface area contributed by atoms with E-state index in [1.807, 2.05) is 25.1 Å². The molecule has 33 heavy (non-hydrogen) atoms. The molecule has 4 rings (SSSR count). The van der Waals surface area contributed by atoms with Gasteiger partial charge in [0.15, 0.2) is 10.7 Å². The summed E-state index contributed by atoms with van der Waals surface area (Å²) >= 11 is 5.29. The first-order valence-electron chi connectivity index (χ1n) is 9.93. The van der Waals surface area contributed by atoms with Gasteiger partial charge in [-0.15, -0.1) is 0 Å². The molecule has 0 saturated heterocycles. The van der Waals surface area contributed by atoms with Crippen molar-refractivity contribution in [2.75, 3.05) is 19.5 Å². The topological polar surface area (TPSA) is 106 Å². The Morgan fingerprint density at radius 3 is 2.64 bits per heavy atom. The number of phenolic OH excluding ortho intramolecular Hbond substituents is 1. The van der Waals surface area contributed by atoms with Gasteiger partial charge in [-0.2, -0.15) is 0 Å². The number of hydrogen-bond donors (Lipinski definition) is 3. The highest BCUT2D eigenvalue weighted by Gasteiger charge is 2.16. The predicted octanol–water partition coefficient (Wildman–Crippen LogP) is 4.65. The smallest absolute Gasteiger partial charge is 0.261 e. The third kappa shape index (κ3) is 4.73. The molecule has 4 aromatic rings. The number of methoxy groups -OCH3 is 2. The number of hydrogen-bond acceptors (Lipinski definition) is 7. The number of nitrogens with zero attached hydrogens (tertiary/aromatic N) is 1. The average Bonchev–Trinajstić information content (AvgIpc) is 3.22. The molecule has 0 aliphatic rings. The van der Waals surface area contributed by atoms with E-state index in [2.05, 4.69) is 15.6 Å². The number of ether oxygens (including phenoxy) is 2. The first kappa shape index (κ1) is 22.1. The van der Waals surface area contributed by atoms with Gasteiger partial charge in [-0.1, -0.05) is 6.07 Å². The maximum atomic E-state index is 12.7.